The second kappa shape index (κ2) is 20.9. The van der Waals surface area contributed by atoms with E-state index in [1.807, 2.05) is 0 Å². The van der Waals surface area contributed by atoms with Crippen LogP contribution < -0.4 is 0 Å². The van der Waals surface area contributed by atoms with E-state index in [4.69, 9.17) is 14.9 Å². The number of hydrogen-bond donors (Lipinski definition) is 2. The van der Waals surface area contributed by atoms with Crippen LogP contribution in [0.3, 0.4) is 0 Å². The zero-order valence-electron chi connectivity index (χ0n) is 17.2. The van der Waals surface area contributed by atoms with E-state index in [-0.39, 0.29) is 19.2 Å². The number of rotatable bonds is 18. The van der Waals surface area contributed by atoms with Crippen molar-refractivity contribution >= 4 is 5.97 Å². The molecular weight excluding hydrogens is 340 g/mol. The average molecular weight is 381 g/mol. The first-order valence-electron chi connectivity index (χ1n) is 10.6. The molecule has 1 atom stereocenters. The van der Waals surface area contributed by atoms with Gasteiger partial charge in [-0.2, -0.15) is 0 Å². The molecule has 4 heteroatoms. The normalized spacial score (nSPS) is 13.1. The van der Waals surface area contributed by atoms with Crippen LogP contribution in [0.2, 0.25) is 0 Å². The molecule has 0 saturated heterocycles. The van der Waals surface area contributed by atoms with Gasteiger partial charge in [0.2, 0.25) is 0 Å². The Balaban J connectivity index is 3.37. The fraction of sp³-hybridized carbons (Fsp3) is 0.696. The quantitative estimate of drug-likeness (QED) is 0.193. The van der Waals surface area contributed by atoms with E-state index in [2.05, 4.69) is 43.4 Å². The molecule has 2 N–H and O–H groups in total. The van der Waals surface area contributed by atoms with Crippen molar-refractivity contribution in [3.05, 3.63) is 36.5 Å². The summed E-state index contributed by atoms with van der Waals surface area (Å²) in [5, 5.41) is 17.7. The monoisotopic (exact) mass is 380 g/mol. The van der Waals surface area contributed by atoms with Crippen molar-refractivity contribution in [3.63, 3.8) is 0 Å². The molecule has 0 saturated carbocycles. The molecule has 156 valence electrons. The summed E-state index contributed by atoms with van der Waals surface area (Å²) in [5.41, 5.74) is 0. The smallest absolute Gasteiger partial charge is 0.305 e. The van der Waals surface area contributed by atoms with Gasteiger partial charge in [-0.1, -0.05) is 69.1 Å². The largest absolute Gasteiger partial charge is 0.463 e. The fourth-order valence-corrected chi connectivity index (χ4v) is 2.49. The molecule has 0 bridgehead atoms. The zero-order valence-corrected chi connectivity index (χ0v) is 17.2. The van der Waals surface area contributed by atoms with Crippen LogP contribution in [0.1, 0.15) is 84.0 Å². The number of unbranched alkanes of at least 4 members (excludes halogenated alkanes) is 7. The topological polar surface area (TPSA) is 66.8 Å². The third-order valence-electron chi connectivity index (χ3n) is 4.17. The Morgan fingerprint density at radius 2 is 1.41 bits per heavy atom. The van der Waals surface area contributed by atoms with Crippen LogP contribution in [0.5, 0.6) is 0 Å². The van der Waals surface area contributed by atoms with Crippen LogP contribution in [-0.4, -0.2) is 35.5 Å². The molecule has 0 amide bonds. The van der Waals surface area contributed by atoms with Gasteiger partial charge in [-0.25, -0.2) is 0 Å². The molecule has 0 aromatic heterocycles. The highest BCUT2D eigenvalue weighted by atomic mass is 16.5. The van der Waals surface area contributed by atoms with Gasteiger partial charge < -0.3 is 14.9 Å². The van der Waals surface area contributed by atoms with Crippen LogP contribution in [0.4, 0.5) is 0 Å². The summed E-state index contributed by atoms with van der Waals surface area (Å²) in [6.07, 6.45) is 25.1. The molecule has 0 aromatic rings. The number of aliphatic hydroxyl groups excluding tert-OH is 2. The predicted octanol–water partition coefficient (Wildman–Crippen LogP) is 5.25. The number of esters is 1. The van der Waals surface area contributed by atoms with Gasteiger partial charge in [0.25, 0.3) is 0 Å². The molecule has 0 rings (SSSR count). The number of carbonyl (C=O) groups excluding carboxylic acids is 1. The molecule has 0 radical (unpaired) electrons. The van der Waals surface area contributed by atoms with E-state index in [0.29, 0.717) is 6.42 Å². The van der Waals surface area contributed by atoms with E-state index in [1.165, 1.54) is 25.7 Å². The first-order valence-corrected chi connectivity index (χ1v) is 10.6. The molecule has 27 heavy (non-hydrogen) atoms. The summed E-state index contributed by atoms with van der Waals surface area (Å²) in [6, 6.07) is 0. The summed E-state index contributed by atoms with van der Waals surface area (Å²) in [5.74, 6) is -0.301. The highest BCUT2D eigenvalue weighted by molar-refractivity contribution is 5.69. The van der Waals surface area contributed by atoms with Crippen molar-refractivity contribution in [3.8, 4) is 0 Å². The van der Waals surface area contributed by atoms with E-state index in [1.54, 1.807) is 0 Å². The number of aliphatic hydroxyl groups is 2. The third kappa shape index (κ3) is 20.8. The van der Waals surface area contributed by atoms with Gasteiger partial charge >= 0.3 is 5.97 Å². The average Bonchev–Trinajstić information content (AvgIpc) is 2.68. The van der Waals surface area contributed by atoms with E-state index in [9.17, 15) is 4.79 Å². The number of ether oxygens (including phenoxy) is 1. The van der Waals surface area contributed by atoms with Crippen LogP contribution in [0.15, 0.2) is 36.5 Å². The number of hydrogen-bond acceptors (Lipinski definition) is 4. The SMILES string of the molecule is CCCCC/C=C\C/C=C\C/C=C\CCCCCCC(=O)OC[C@@H](O)CO. The lowest BCUT2D eigenvalue weighted by Gasteiger charge is -2.08. The summed E-state index contributed by atoms with van der Waals surface area (Å²) in [7, 11) is 0. The van der Waals surface area contributed by atoms with Crippen molar-refractivity contribution in [1.82, 2.24) is 0 Å². The Bertz CT molecular complexity index is 413. The second-order valence-corrected chi connectivity index (χ2v) is 6.85. The standard InChI is InChI=1S/C23H40O4/c1-2-3-4-5-6-7-8-9-10-11-12-13-14-15-16-17-18-19-23(26)27-21-22(25)20-24/h6-7,9-10,12-13,22,24-25H,2-5,8,11,14-21H2,1H3/b7-6-,10-9-,13-12-/t22-/m0/s1. The highest BCUT2D eigenvalue weighted by Gasteiger charge is 2.07. The molecule has 0 heterocycles. The zero-order chi connectivity index (χ0) is 20.0. The Hall–Kier alpha value is -1.39. The minimum Gasteiger partial charge on any atom is -0.463 e. The van der Waals surface area contributed by atoms with Gasteiger partial charge in [-0.3, -0.25) is 4.79 Å². The Labute approximate surface area is 166 Å². The highest BCUT2D eigenvalue weighted by Crippen LogP contribution is 2.07. The van der Waals surface area contributed by atoms with Crippen LogP contribution in [-0.2, 0) is 9.53 Å². The van der Waals surface area contributed by atoms with Crippen molar-refractivity contribution < 1.29 is 19.7 Å². The van der Waals surface area contributed by atoms with Crippen molar-refractivity contribution in [1.29, 1.82) is 0 Å². The second-order valence-electron chi connectivity index (χ2n) is 6.85. The minimum atomic E-state index is -0.970. The molecule has 0 fully saturated rings. The number of carbonyl (C=O) groups is 1. The molecule has 0 aliphatic heterocycles. The summed E-state index contributed by atoms with van der Waals surface area (Å²) in [4.78, 5) is 11.4. The van der Waals surface area contributed by atoms with E-state index in [0.717, 1.165) is 44.9 Å². The predicted molar refractivity (Wildman–Crippen MR) is 113 cm³/mol. The van der Waals surface area contributed by atoms with Crippen LogP contribution in [0, 0.1) is 0 Å². The fourth-order valence-electron chi connectivity index (χ4n) is 2.49. The summed E-state index contributed by atoms with van der Waals surface area (Å²) in [6.45, 7) is 1.73. The first-order chi connectivity index (χ1) is 13.2. The van der Waals surface area contributed by atoms with Gasteiger partial charge in [-0.05, 0) is 44.9 Å². The molecule has 0 aliphatic carbocycles. The lowest BCUT2D eigenvalue weighted by molar-refractivity contribution is -0.147. The van der Waals surface area contributed by atoms with E-state index < -0.39 is 6.10 Å². The van der Waals surface area contributed by atoms with E-state index >= 15 is 0 Å². The van der Waals surface area contributed by atoms with Crippen LogP contribution in [0.25, 0.3) is 0 Å². The van der Waals surface area contributed by atoms with Crippen molar-refractivity contribution in [2.75, 3.05) is 13.2 Å². The van der Waals surface area contributed by atoms with Crippen molar-refractivity contribution in [2.24, 2.45) is 0 Å². The Kier molecular flexibility index (Phi) is 19.8. The maximum absolute atomic E-state index is 11.4. The Morgan fingerprint density at radius 1 is 0.852 bits per heavy atom. The van der Waals surface area contributed by atoms with Gasteiger partial charge in [0.15, 0.2) is 0 Å². The molecule has 0 unspecified atom stereocenters. The third-order valence-corrected chi connectivity index (χ3v) is 4.17. The van der Waals surface area contributed by atoms with Gasteiger partial charge in [0, 0.05) is 6.42 Å². The maximum atomic E-state index is 11.4. The summed E-state index contributed by atoms with van der Waals surface area (Å²) >= 11 is 0. The summed E-state index contributed by atoms with van der Waals surface area (Å²) < 4.78 is 4.85. The van der Waals surface area contributed by atoms with Gasteiger partial charge in [0.1, 0.15) is 12.7 Å². The first kappa shape index (κ1) is 25.6. The molecular formula is C23H40O4. The van der Waals surface area contributed by atoms with Crippen molar-refractivity contribution in [2.45, 2.75) is 90.1 Å². The maximum Gasteiger partial charge on any atom is 0.305 e. The molecule has 0 aromatic carbocycles. The molecule has 0 spiro atoms. The minimum absolute atomic E-state index is 0.121. The Morgan fingerprint density at radius 3 is 2.00 bits per heavy atom. The van der Waals surface area contributed by atoms with Gasteiger partial charge in [0.05, 0.1) is 6.61 Å². The molecule has 4 nitrogen and oxygen atoms in total. The lowest BCUT2D eigenvalue weighted by Crippen LogP contribution is -2.21. The lowest BCUT2D eigenvalue weighted by atomic mass is 10.1. The number of allylic oxidation sites excluding steroid dienone is 6. The molecule has 0 aliphatic rings. The van der Waals surface area contributed by atoms with Crippen LogP contribution >= 0.6 is 0 Å². The van der Waals surface area contributed by atoms with Gasteiger partial charge in [-0.15, -0.1) is 0 Å².